The molecule has 2 rings (SSSR count). The zero-order valence-electron chi connectivity index (χ0n) is 12.3. The summed E-state index contributed by atoms with van der Waals surface area (Å²) in [7, 11) is 1.80. The lowest BCUT2D eigenvalue weighted by Crippen LogP contribution is -2.46. The number of nitrogens with one attached hydrogen (secondary N) is 1. The third-order valence-corrected chi connectivity index (χ3v) is 4.66. The summed E-state index contributed by atoms with van der Waals surface area (Å²) in [5.74, 6) is 0.477. The van der Waals surface area contributed by atoms with E-state index in [9.17, 15) is 9.59 Å². The molecule has 0 bridgehead atoms. The highest BCUT2D eigenvalue weighted by Gasteiger charge is 2.39. The molecular weight excluding hydrogens is 272 g/mol. The Labute approximate surface area is 124 Å². The van der Waals surface area contributed by atoms with Crippen LogP contribution in [0.3, 0.4) is 0 Å². The van der Waals surface area contributed by atoms with Crippen LogP contribution >= 0.6 is 11.3 Å². The molecule has 0 aromatic carbocycles. The van der Waals surface area contributed by atoms with Crippen LogP contribution in [0.25, 0.3) is 0 Å². The molecule has 2 heterocycles. The minimum atomic E-state index is -0.143. The Morgan fingerprint density at radius 2 is 2.30 bits per heavy atom. The molecule has 20 heavy (non-hydrogen) atoms. The minimum Gasteiger partial charge on any atom is -0.356 e. The van der Waals surface area contributed by atoms with Crippen LogP contribution in [-0.4, -0.2) is 30.3 Å². The second-order valence-corrected chi connectivity index (χ2v) is 6.73. The molecular formula is C15H22N2O2S. The lowest BCUT2D eigenvalue weighted by Gasteiger charge is -2.37. The summed E-state index contributed by atoms with van der Waals surface area (Å²) < 4.78 is 0. The third-order valence-electron chi connectivity index (χ3n) is 3.72. The van der Waals surface area contributed by atoms with E-state index in [0.29, 0.717) is 25.3 Å². The van der Waals surface area contributed by atoms with Crippen LogP contribution in [0.5, 0.6) is 0 Å². The molecule has 1 fully saturated rings. The Hall–Kier alpha value is -1.36. The first-order valence-electron chi connectivity index (χ1n) is 7.07. The van der Waals surface area contributed by atoms with Gasteiger partial charge < -0.3 is 10.2 Å². The molecule has 5 heteroatoms. The number of hydrogen-bond acceptors (Lipinski definition) is 3. The number of hydrogen-bond donors (Lipinski definition) is 1. The lowest BCUT2D eigenvalue weighted by molar-refractivity contribution is -0.141. The molecule has 0 spiro atoms. The van der Waals surface area contributed by atoms with Gasteiger partial charge in [-0.05, 0) is 23.8 Å². The molecule has 1 aliphatic heterocycles. The first-order valence-corrected chi connectivity index (χ1v) is 7.95. The first-order chi connectivity index (χ1) is 9.50. The molecule has 110 valence electrons. The average Bonchev–Trinajstić information content (AvgIpc) is 2.92. The summed E-state index contributed by atoms with van der Waals surface area (Å²) >= 11 is 1.61. The number of thiophene rings is 1. The number of rotatable bonds is 4. The van der Waals surface area contributed by atoms with Gasteiger partial charge in [0.25, 0.3) is 0 Å². The fourth-order valence-corrected chi connectivity index (χ4v) is 3.53. The van der Waals surface area contributed by atoms with Crippen molar-refractivity contribution in [2.45, 2.75) is 32.7 Å². The second-order valence-electron chi connectivity index (χ2n) is 5.75. The van der Waals surface area contributed by atoms with E-state index in [1.807, 2.05) is 17.5 Å². The van der Waals surface area contributed by atoms with Gasteiger partial charge in [-0.15, -0.1) is 11.3 Å². The Kier molecular flexibility index (Phi) is 4.81. The summed E-state index contributed by atoms with van der Waals surface area (Å²) in [4.78, 5) is 27.2. The van der Waals surface area contributed by atoms with Gasteiger partial charge in [0, 0.05) is 24.9 Å². The third kappa shape index (κ3) is 3.20. The maximum absolute atomic E-state index is 12.4. The van der Waals surface area contributed by atoms with E-state index in [4.69, 9.17) is 0 Å². The Morgan fingerprint density at radius 3 is 2.90 bits per heavy atom. The van der Waals surface area contributed by atoms with Gasteiger partial charge >= 0.3 is 0 Å². The number of nitrogens with zero attached hydrogens (tertiary/aromatic N) is 1. The van der Waals surface area contributed by atoms with Crippen LogP contribution in [0.1, 0.15) is 37.6 Å². The Balaban J connectivity index is 2.16. The van der Waals surface area contributed by atoms with Crippen molar-refractivity contribution in [2.24, 2.45) is 11.8 Å². The van der Waals surface area contributed by atoms with Crippen molar-refractivity contribution < 1.29 is 9.59 Å². The van der Waals surface area contributed by atoms with E-state index in [1.54, 1.807) is 23.3 Å². The minimum absolute atomic E-state index is 0.0662. The second kappa shape index (κ2) is 6.39. The number of piperidine rings is 1. The molecule has 1 aromatic rings. The Bertz CT molecular complexity index is 470. The maximum atomic E-state index is 12.4. The summed E-state index contributed by atoms with van der Waals surface area (Å²) in [6.45, 7) is 4.84. The molecule has 2 atom stereocenters. The van der Waals surface area contributed by atoms with Gasteiger partial charge in [-0.3, -0.25) is 9.59 Å². The molecule has 1 saturated heterocycles. The molecule has 2 unspecified atom stereocenters. The van der Waals surface area contributed by atoms with Crippen LogP contribution in [0.4, 0.5) is 0 Å². The standard InChI is InChI=1S/C15H22N2O2S/c1-10(2)9-16-15(19)11-6-7-13(18)17(3)14(11)12-5-4-8-20-12/h4-5,8,10-11,14H,6-7,9H2,1-3H3,(H,16,19). The molecule has 1 aliphatic rings. The fraction of sp³-hybridized carbons (Fsp3) is 0.600. The number of amides is 2. The summed E-state index contributed by atoms with van der Waals surface area (Å²) in [6, 6.07) is 3.85. The zero-order chi connectivity index (χ0) is 14.7. The monoisotopic (exact) mass is 294 g/mol. The van der Waals surface area contributed by atoms with Crippen LogP contribution < -0.4 is 5.32 Å². The van der Waals surface area contributed by atoms with Gasteiger partial charge in [0.05, 0.1) is 12.0 Å². The summed E-state index contributed by atoms with van der Waals surface area (Å²) in [6.07, 6.45) is 1.09. The van der Waals surface area contributed by atoms with Crippen LogP contribution in [-0.2, 0) is 9.59 Å². The highest BCUT2D eigenvalue weighted by molar-refractivity contribution is 7.10. The molecule has 1 aromatic heterocycles. The van der Waals surface area contributed by atoms with E-state index in [-0.39, 0.29) is 23.8 Å². The van der Waals surface area contributed by atoms with Gasteiger partial charge in [-0.2, -0.15) is 0 Å². The molecule has 4 nitrogen and oxygen atoms in total. The summed E-state index contributed by atoms with van der Waals surface area (Å²) in [5.41, 5.74) is 0. The highest BCUT2D eigenvalue weighted by Crippen LogP contribution is 2.37. The van der Waals surface area contributed by atoms with Gasteiger partial charge in [0.1, 0.15) is 0 Å². The van der Waals surface area contributed by atoms with Crippen molar-refractivity contribution in [1.82, 2.24) is 10.2 Å². The van der Waals surface area contributed by atoms with E-state index >= 15 is 0 Å². The highest BCUT2D eigenvalue weighted by atomic mass is 32.1. The van der Waals surface area contributed by atoms with Crippen LogP contribution in [0.2, 0.25) is 0 Å². The van der Waals surface area contributed by atoms with E-state index in [2.05, 4.69) is 19.2 Å². The quantitative estimate of drug-likeness (QED) is 0.927. The lowest BCUT2D eigenvalue weighted by atomic mass is 9.87. The van der Waals surface area contributed by atoms with Gasteiger partial charge in [0.15, 0.2) is 0 Å². The largest absolute Gasteiger partial charge is 0.356 e. The molecule has 2 amide bonds. The van der Waals surface area contributed by atoms with Crippen molar-refractivity contribution >= 4 is 23.2 Å². The normalized spacial score (nSPS) is 23.2. The molecule has 0 radical (unpaired) electrons. The van der Waals surface area contributed by atoms with Crippen molar-refractivity contribution in [3.63, 3.8) is 0 Å². The fourth-order valence-electron chi connectivity index (χ4n) is 2.60. The Morgan fingerprint density at radius 1 is 1.55 bits per heavy atom. The van der Waals surface area contributed by atoms with E-state index in [0.717, 1.165) is 4.88 Å². The number of carbonyl (C=O) groups excluding carboxylic acids is 2. The van der Waals surface area contributed by atoms with E-state index in [1.165, 1.54) is 0 Å². The van der Waals surface area contributed by atoms with Crippen molar-refractivity contribution in [1.29, 1.82) is 0 Å². The van der Waals surface area contributed by atoms with Crippen molar-refractivity contribution in [2.75, 3.05) is 13.6 Å². The van der Waals surface area contributed by atoms with Crippen LogP contribution in [0, 0.1) is 11.8 Å². The topological polar surface area (TPSA) is 49.4 Å². The zero-order valence-corrected chi connectivity index (χ0v) is 13.1. The van der Waals surface area contributed by atoms with E-state index < -0.39 is 0 Å². The predicted octanol–water partition coefficient (Wildman–Crippen LogP) is 2.43. The van der Waals surface area contributed by atoms with Crippen molar-refractivity contribution in [3.05, 3.63) is 22.4 Å². The molecule has 0 saturated carbocycles. The van der Waals surface area contributed by atoms with Crippen LogP contribution in [0.15, 0.2) is 17.5 Å². The van der Waals surface area contributed by atoms with Gasteiger partial charge in [0.2, 0.25) is 11.8 Å². The number of carbonyl (C=O) groups is 2. The first kappa shape index (κ1) is 15.0. The molecule has 1 N–H and O–H groups in total. The predicted molar refractivity (Wildman–Crippen MR) is 80.4 cm³/mol. The molecule has 0 aliphatic carbocycles. The summed E-state index contributed by atoms with van der Waals surface area (Å²) in [5, 5.41) is 5.00. The van der Waals surface area contributed by atoms with Crippen molar-refractivity contribution in [3.8, 4) is 0 Å². The smallest absolute Gasteiger partial charge is 0.225 e. The SMILES string of the molecule is CC(C)CNC(=O)C1CCC(=O)N(C)C1c1cccs1. The van der Waals surface area contributed by atoms with Gasteiger partial charge in [-0.25, -0.2) is 0 Å². The van der Waals surface area contributed by atoms with Gasteiger partial charge in [-0.1, -0.05) is 19.9 Å². The average molecular weight is 294 g/mol. The number of likely N-dealkylation sites (tertiary alicyclic amines) is 1. The maximum Gasteiger partial charge on any atom is 0.225 e.